The van der Waals surface area contributed by atoms with Gasteiger partial charge in [-0.25, -0.2) is 4.98 Å². The molecule has 6 heteroatoms. The first-order valence-electron chi connectivity index (χ1n) is 9.62. The van der Waals surface area contributed by atoms with Crippen LogP contribution in [0.4, 0.5) is 23.1 Å². The summed E-state index contributed by atoms with van der Waals surface area (Å²) in [5.41, 5.74) is 4.34. The molecule has 1 aliphatic heterocycles. The van der Waals surface area contributed by atoms with Crippen molar-refractivity contribution in [2.75, 3.05) is 28.6 Å². The molecule has 0 radical (unpaired) electrons. The van der Waals surface area contributed by atoms with Crippen LogP contribution in [0.25, 0.3) is 0 Å². The zero-order valence-electron chi connectivity index (χ0n) is 16.0. The quantitative estimate of drug-likeness (QED) is 0.587. The molecule has 2 N–H and O–H groups in total. The second-order valence-corrected chi connectivity index (χ2v) is 7.50. The summed E-state index contributed by atoms with van der Waals surface area (Å²) in [6.45, 7) is 4.92. The third-order valence-corrected chi connectivity index (χ3v) is 5.08. The first kappa shape index (κ1) is 18.6. The van der Waals surface area contributed by atoms with Gasteiger partial charge in [-0.15, -0.1) is 0 Å². The van der Waals surface area contributed by atoms with Gasteiger partial charge in [-0.3, -0.25) is 0 Å². The van der Waals surface area contributed by atoms with Crippen molar-refractivity contribution < 1.29 is 0 Å². The van der Waals surface area contributed by atoms with Crippen molar-refractivity contribution in [1.82, 2.24) is 9.97 Å². The van der Waals surface area contributed by atoms with Crippen molar-refractivity contribution in [3.63, 3.8) is 0 Å². The van der Waals surface area contributed by atoms with Crippen LogP contribution in [0.15, 0.2) is 54.6 Å². The fraction of sp³-hybridized carbons (Fsp3) is 0.273. The molecule has 1 aromatic heterocycles. The standard InChI is InChI=1S/C22H24ClN5/c1-16-14-21(26-19-8-10-20(11-9-19)28-12-2-3-13-28)27-22(25-16)24-15-17-4-6-18(23)7-5-17/h4-11,14H,2-3,12-13,15H2,1H3,(H2,24,25,26,27). The number of anilines is 4. The van der Waals surface area contributed by atoms with E-state index >= 15 is 0 Å². The van der Waals surface area contributed by atoms with Gasteiger partial charge in [-0.05, 0) is 61.7 Å². The fourth-order valence-electron chi connectivity index (χ4n) is 3.37. The Labute approximate surface area is 170 Å². The van der Waals surface area contributed by atoms with Crippen molar-refractivity contribution in [2.45, 2.75) is 26.3 Å². The number of halogens is 1. The molecule has 2 heterocycles. The van der Waals surface area contributed by atoms with Crippen molar-refractivity contribution >= 4 is 34.7 Å². The highest BCUT2D eigenvalue weighted by molar-refractivity contribution is 6.30. The van der Waals surface area contributed by atoms with Crippen LogP contribution >= 0.6 is 11.6 Å². The van der Waals surface area contributed by atoms with Gasteiger partial charge in [0.05, 0.1) is 0 Å². The summed E-state index contributed by atoms with van der Waals surface area (Å²) < 4.78 is 0. The average Bonchev–Trinajstić information content (AvgIpc) is 3.23. The highest BCUT2D eigenvalue weighted by atomic mass is 35.5. The Kier molecular flexibility index (Phi) is 5.63. The third kappa shape index (κ3) is 4.73. The molecule has 0 atom stereocenters. The molecule has 1 fully saturated rings. The van der Waals surface area contributed by atoms with Gasteiger partial charge in [0.2, 0.25) is 5.95 Å². The van der Waals surface area contributed by atoms with Crippen LogP contribution in [0, 0.1) is 6.92 Å². The lowest BCUT2D eigenvalue weighted by Gasteiger charge is -2.18. The maximum Gasteiger partial charge on any atom is 0.225 e. The van der Waals surface area contributed by atoms with E-state index in [-0.39, 0.29) is 0 Å². The summed E-state index contributed by atoms with van der Waals surface area (Å²) in [7, 11) is 0. The maximum absolute atomic E-state index is 5.94. The van der Waals surface area contributed by atoms with E-state index in [0.29, 0.717) is 12.5 Å². The van der Waals surface area contributed by atoms with E-state index in [2.05, 4.69) is 49.8 Å². The second-order valence-electron chi connectivity index (χ2n) is 7.06. The average molecular weight is 394 g/mol. The summed E-state index contributed by atoms with van der Waals surface area (Å²) in [6, 6.07) is 18.2. The molecule has 2 aromatic carbocycles. The van der Waals surface area contributed by atoms with Crippen molar-refractivity contribution in [1.29, 1.82) is 0 Å². The molecule has 0 unspecified atom stereocenters. The van der Waals surface area contributed by atoms with Gasteiger partial charge in [0.15, 0.2) is 0 Å². The summed E-state index contributed by atoms with van der Waals surface area (Å²) in [5.74, 6) is 1.38. The minimum absolute atomic E-state index is 0.603. The molecular formula is C22H24ClN5. The van der Waals surface area contributed by atoms with Crippen LogP contribution in [0.1, 0.15) is 24.1 Å². The molecule has 0 spiro atoms. The van der Waals surface area contributed by atoms with E-state index in [1.54, 1.807) is 0 Å². The van der Waals surface area contributed by atoms with Gasteiger partial charge in [0.1, 0.15) is 5.82 Å². The lowest BCUT2D eigenvalue weighted by atomic mass is 10.2. The molecule has 4 rings (SSSR count). The largest absolute Gasteiger partial charge is 0.372 e. The summed E-state index contributed by atoms with van der Waals surface area (Å²) in [6.07, 6.45) is 2.57. The predicted octanol–water partition coefficient (Wildman–Crippen LogP) is 5.39. The number of aromatic nitrogens is 2. The van der Waals surface area contributed by atoms with Gasteiger partial charge in [0.25, 0.3) is 0 Å². The van der Waals surface area contributed by atoms with E-state index < -0.39 is 0 Å². The van der Waals surface area contributed by atoms with E-state index in [1.165, 1.54) is 18.5 Å². The predicted molar refractivity (Wildman–Crippen MR) is 117 cm³/mol. The lowest BCUT2D eigenvalue weighted by Crippen LogP contribution is -2.17. The summed E-state index contributed by atoms with van der Waals surface area (Å²) >= 11 is 5.94. The zero-order valence-corrected chi connectivity index (χ0v) is 16.7. The Morgan fingerprint density at radius 2 is 1.68 bits per heavy atom. The van der Waals surface area contributed by atoms with Crippen LogP contribution in [-0.2, 0) is 6.54 Å². The third-order valence-electron chi connectivity index (χ3n) is 4.83. The van der Waals surface area contributed by atoms with Crippen molar-refractivity contribution in [3.05, 3.63) is 70.9 Å². The maximum atomic E-state index is 5.94. The number of nitrogens with zero attached hydrogens (tertiary/aromatic N) is 3. The Hall–Kier alpha value is -2.79. The normalized spacial score (nSPS) is 13.6. The van der Waals surface area contributed by atoms with Gasteiger partial charge in [-0.2, -0.15) is 4.98 Å². The lowest BCUT2D eigenvalue weighted by molar-refractivity contribution is 0.949. The van der Waals surface area contributed by atoms with Crippen LogP contribution in [-0.4, -0.2) is 23.1 Å². The first-order valence-corrected chi connectivity index (χ1v) is 9.99. The molecule has 0 saturated carbocycles. The van der Waals surface area contributed by atoms with Crippen LogP contribution in [0.3, 0.4) is 0 Å². The Bertz CT molecular complexity index is 919. The van der Waals surface area contributed by atoms with E-state index in [4.69, 9.17) is 11.6 Å². The summed E-state index contributed by atoms with van der Waals surface area (Å²) in [4.78, 5) is 11.5. The van der Waals surface area contributed by atoms with Crippen LogP contribution < -0.4 is 15.5 Å². The van der Waals surface area contributed by atoms with Gasteiger partial charge < -0.3 is 15.5 Å². The highest BCUT2D eigenvalue weighted by Crippen LogP contribution is 2.24. The number of rotatable bonds is 6. The topological polar surface area (TPSA) is 53.1 Å². The molecule has 5 nitrogen and oxygen atoms in total. The smallest absolute Gasteiger partial charge is 0.225 e. The van der Waals surface area contributed by atoms with Crippen molar-refractivity contribution in [2.24, 2.45) is 0 Å². The minimum atomic E-state index is 0.603. The number of hydrogen-bond acceptors (Lipinski definition) is 5. The number of hydrogen-bond donors (Lipinski definition) is 2. The molecule has 1 saturated heterocycles. The van der Waals surface area contributed by atoms with Crippen LogP contribution in [0.2, 0.25) is 5.02 Å². The fourth-order valence-corrected chi connectivity index (χ4v) is 3.50. The molecule has 1 aliphatic rings. The van der Waals surface area contributed by atoms with E-state index in [0.717, 1.165) is 40.9 Å². The van der Waals surface area contributed by atoms with Gasteiger partial charge in [0, 0.05) is 47.8 Å². The highest BCUT2D eigenvalue weighted by Gasteiger charge is 2.12. The number of nitrogens with one attached hydrogen (secondary N) is 2. The first-order chi connectivity index (χ1) is 13.7. The molecule has 0 amide bonds. The monoisotopic (exact) mass is 393 g/mol. The molecule has 0 aliphatic carbocycles. The van der Waals surface area contributed by atoms with Crippen LogP contribution in [0.5, 0.6) is 0 Å². The van der Waals surface area contributed by atoms with E-state index in [9.17, 15) is 0 Å². The zero-order chi connectivity index (χ0) is 19.3. The summed E-state index contributed by atoms with van der Waals surface area (Å²) in [5, 5.41) is 7.40. The number of aryl methyl sites for hydroxylation is 1. The Balaban J connectivity index is 1.42. The molecule has 0 bridgehead atoms. The molecule has 28 heavy (non-hydrogen) atoms. The Morgan fingerprint density at radius 3 is 2.39 bits per heavy atom. The van der Waals surface area contributed by atoms with Gasteiger partial charge in [-0.1, -0.05) is 23.7 Å². The van der Waals surface area contributed by atoms with Crippen molar-refractivity contribution in [3.8, 4) is 0 Å². The second kappa shape index (κ2) is 8.48. The number of benzene rings is 2. The minimum Gasteiger partial charge on any atom is -0.372 e. The molecule has 3 aromatic rings. The van der Waals surface area contributed by atoms with E-state index in [1.807, 2.05) is 37.3 Å². The Morgan fingerprint density at radius 1 is 0.964 bits per heavy atom. The molecule has 144 valence electrons. The molecular weight excluding hydrogens is 370 g/mol. The SMILES string of the molecule is Cc1cc(Nc2ccc(N3CCCC3)cc2)nc(NCc2ccc(Cl)cc2)n1. The van der Waals surface area contributed by atoms with Gasteiger partial charge >= 0.3 is 0 Å².